The summed E-state index contributed by atoms with van der Waals surface area (Å²) in [5.74, 6) is 0. The summed E-state index contributed by atoms with van der Waals surface area (Å²) in [5, 5.41) is 2.15. The highest BCUT2D eigenvalue weighted by Crippen LogP contribution is 2.38. The van der Waals surface area contributed by atoms with E-state index in [-0.39, 0.29) is 5.54 Å². The molecule has 2 atom stereocenters. The Bertz CT molecular complexity index is 408. The molecule has 0 amide bonds. The van der Waals surface area contributed by atoms with Crippen molar-refractivity contribution in [2.24, 2.45) is 5.73 Å². The minimum atomic E-state index is 0.157. The van der Waals surface area contributed by atoms with Gasteiger partial charge >= 0.3 is 0 Å². The average Bonchev–Trinajstić information content (AvgIpc) is 3.06. The fourth-order valence-electron chi connectivity index (χ4n) is 3.93. The second kappa shape index (κ2) is 5.48. The molecule has 0 spiro atoms. The molecule has 0 aliphatic carbocycles. The average molecular weight is 280 g/mol. The Morgan fingerprint density at radius 3 is 3.16 bits per heavy atom. The monoisotopic (exact) mass is 280 g/mol. The summed E-state index contributed by atoms with van der Waals surface area (Å²) in [6.45, 7) is 4.15. The van der Waals surface area contributed by atoms with Crippen LogP contribution in [-0.2, 0) is 6.54 Å². The lowest BCUT2D eigenvalue weighted by molar-refractivity contribution is 0.0505. The molecule has 2 aliphatic rings. The fourth-order valence-corrected chi connectivity index (χ4v) is 4.48. The maximum Gasteiger partial charge on any atom is 0.0795 e. The van der Waals surface area contributed by atoms with Gasteiger partial charge < -0.3 is 5.73 Å². The maximum atomic E-state index is 6.22. The van der Waals surface area contributed by atoms with Crippen LogP contribution < -0.4 is 5.73 Å². The topological polar surface area (TPSA) is 45.4 Å². The third kappa shape index (κ3) is 2.33. The molecule has 2 aliphatic heterocycles. The van der Waals surface area contributed by atoms with Crippen molar-refractivity contribution < 1.29 is 0 Å². The van der Waals surface area contributed by atoms with Gasteiger partial charge in [0, 0.05) is 36.6 Å². The van der Waals surface area contributed by atoms with E-state index in [0.717, 1.165) is 13.1 Å². The van der Waals surface area contributed by atoms with Gasteiger partial charge in [0.05, 0.1) is 11.2 Å². The zero-order valence-corrected chi connectivity index (χ0v) is 12.5. The van der Waals surface area contributed by atoms with E-state index in [1.165, 1.54) is 44.5 Å². The van der Waals surface area contributed by atoms with E-state index in [4.69, 9.17) is 5.73 Å². The van der Waals surface area contributed by atoms with Crippen LogP contribution in [0.15, 0.2) is 10.9 Å². The Kier molecular flexibility index (Phi) is 3.89. The van der Waals surface area contributed by atoms with Crippen LogP contribution in [0, 0.1) is 0 Å². The molecule has 0 bridgehead atoms. The highest BCUT2D eigenvalue weighted by atomic mass is 32.1. The Labute approximate surface area is 119 Å². The lowest BCUT2D eigenvalue weighted by Crippen LogP contribution is -2.60. The van der Waals surface area contributed by atoms with Gasteiger partial charge in [0.15, 0.2) is 0 Å². The third-order valence-corrected chi connectivity index (χ3v) is 5.70. The summed E-state index contributed by atoms with van der Waals surface area (Å²) in [4.78, 5) is 9.55. The Balaban J connectivity index is 1.78. The minimum Gasteiger partial charge on any atom is -0.329 e. The smallest absolute Gasteiger partial charge is 0.0795 e. The molecular weight excluding hydrogens is 256 g/mol. The second-order valence-corrected chi connectivity index (χ2v) is 6.66. The number of piperidine rings is 1. The van der Waals surface area contributed by atoms with E-state index in [1.807, 2.05) is 5.51 Å². The number of hydrogen-bond donors (Lipinski definition) is 1. The van der Waals surface area contributed by atoms with Gasteiger partial charge in [-0.25, -0.2) is 4.98 Å². The Morgan fingerprint density at radius 1 is 1.53 bits per heavy atom. The molecule has 0 aromatic carbocycles. The van der Waals surface area contributed by atoms with Gasteiger partial charge in [-0.05, 0) is 32.9 Å². The molecule has 0 saturated carbocycles. The quantitative estimate of drug-likeness (QED) is 0.908. The number of rotatable bonds is 4. The first-order chi connectivity index (χ1) is 9.26. The Morgan fingerprint density at radius 2 is 2.42 bits per heavy atom. The molecular formula is C14H24N4S. The van der Waals surface area contributed by atoms with E-state index in [9.17, 15) is 0 Å². The van der Waals surface area contributed by atoms with E-state index in [1.54, 1.807) is 11.3 Å². The molecule has 5 heteroatoms. The normalized spacial score (nSPS) is 31.8. The van der Waals surface area contributed by atoms with Gasteiger partial charge in [-0.3, -0.25) is 9.80 Å². The lowest BCUT2D eigenvalue weighted by atomic mass is 9.84. The molecule has 4 nitrogen and oxygen atoms in total. The number of thiazole rings is 1. The predicted molar refractivity (Wildman–Crippen MR) is 79.2 cm³/mol. The van der Waals surface area contributed by atoms with Gasteiger partial charge in [0.2, 0.25) is 0 Å². The Hall–Kier alpha value is -0.490. The number of fused-ring (bicyclic) bond motifs is 1. The summed E-state index contributed by atoms with van der Waals surface area (Å²) in [6.07, 6.45) is 5.22. The summed E-state index contributed by atoms with van der Waals surface area (Å²) >= 11 is 1.67. The fraction of sp³-hybridized carbons (Fsp3) is 0.786. The van der Waals surface area contributed by atoms with Crippen molar-refractivity contribution in [3.63, 3.8) is 0 Å². The van der Waals surface area contributed by atoms with Gasteiger partial charge in [-0.1, -0.05) is 6.42 Å². The van der Waals surface area contributed by atoms with Crippen LogP contribution in [0.4, 0.5) is 0 Å². The van der Waals surface area contributed by atoms with Crippen LogP contribution in [0.1, 0.15) is 31.4 Å². The van der Waals surface area contributed by atoms with Crippen LogP contribution in [-0.4, -0.2) is 53.0 Å². The number of likely N-dealkylation sites (N-methyl/N-ethyl adjacent to an activating group) is 1. The molecule has 3 rings (SSSR count). The second-order valence-electron chi connectivity index (χ2n) is 5.94. The van der Waals surface area contributed by atoms with Gasteiger partial charge in [-0.15, -0.1) is 11.3 Å². The molecule has 106 valence electrons. The molecule has 1 aromatic rings. The van der Waals surface area contributed by atoms with Crippen molar-refractivity contribution in [1.29, 1.82) is 0 Å². The molecule has 2 unspecified atom stereocenters. The molecule has 19 heavy (non-hydrogen) atoms. The summed E-state index contributed by atoms with van der Waals surface area (Å²) in [6, 6.07) is 0.648. The lowest BCUT2D eigenvalue weighted by Gasteiger charge is -2.45. The number of nitrogens with zero attached hydrogens (tertiary/aromatic N) is 3. The number of nitrogens with two attached hydrogens (primary N) is 1. The molecule has 2 N–H and O–H groups in total. The third-order valence-electron chi connectivity index (χ3n) is 5.06. The van der Waals surface area contributed by atoms with Crippen LogP contribution in [0.25, 0.3) is 0 Å². The maximum absolute atomic E-state index is 6.22. The summed E-state index contributed by atoms with van der Waals surface area (Å²) in [5.41, 5.74) is 9.47. The molecule has 2 saturated heterocycles. The van der Waals surface area contributed by atoms with E-state index < -0.39 is 0 Å². The number of hydrogen-bond acceptors (Lipinski definition) is 5. The molecule has 3 heterocycles. The zero-order chi connectivity index (χ0) is 13.3. The summed E-state index contributed by atoms with van der Waals surface area (Å²) in [7, 11) is 2.23. The molecule has 0 radical (unpaired) electrons. The highest BCUT2D eigenvalue weighted by molar-refractivity contribution is 7.07. The minimum absolute atomic E-state index is 0.157. The van der Waals surface area contributed by atoms with Crippen molar-refractivity contribution in [3.8, 4) is 0 Å². The first-order valence-electron chi connectivity index (χ1n) is 7.29. The van der Waals surface area contributed by atoms with Crippen molar-refractivity contribution >= 4 is 11.3 Å². The SMILES string of the molecule is CN(Cc1cscn1)C1(CN)CCN2CCCCC21. The van der Waals surface area contributed by atoms with E-state index in [2.05, 4.69) is 27.2 Å². The molecule has 2 fully saturated rings. The van der Waals surface area contributed by atoms with Crippen molar-refractivity contribution in [3.05, 3.63) is 16.6 Å². The predicted octanol–water partition coefficient (Wildman–Crippen LogP) is 1.53. The summed E-state index contributed by atoms with van der Waals surface area (Å²) < 4.78 is 0. The van der Waals surface area contributed by atoms with Crippen molar-refractivity contribution in [2.75, 3.05) is 26.7 Å². The van der Waals surface area contributed by atoms with Gasteiger partial charge in [-0.2, -0.15) is 0 Å². The van der Waals surface area contributed by atoms with Gasteiger partial charge in [0.1, 0.15) is 0 Å². The van der Waals surface area contributed by atoms with Crippen LogP contribution >= 0.6 is 11.3 Å². The van der Waals surface area contributed by atoms with E-state index in [0.29, 0.717) is 6.04 Å². The van der Waals surface area contributed by atoms with Crippen molar-refractivity contribution in [1.82, 2.24) is 14.8 Å². The highest BCUT2D eigenvalue weighted by Gasteiger charge is 2.49. The zero-order valence-electron chi connectivity index (χ0n) is 11.7. The molecule has 1 aromatic heterocycles. The standard InChI is InChI=1S/C14H24N4S/c1-17(8-12-9-19-11-16-12)14(10-15)5-7-18-6-3-2-4-13(14)18/h9,11,13H,2-8,10,15H2,1H3. The largest absolute Gasteiger partial charge is 0.329 e. The van der Waals surface area contributed by atoms with Crippen LogP contribution in [0.5, 0.6) is 0 Å². The number of aromatic nitrogens is 1. The van der Waals surface area contributed by atoms with Crippen LogP contribution in [0.3, 0.4) is 0 Å². The van der Waals surface area contributed by atoms with Crippen LogP contribution in [0.2, 0.25) is 0 Å². The first-order valence-corrected chi connectivity index (χ1v) is 8.23. The van der Waals surface area contributed by atoms with Gasteiger partial charge in [0.25, 0.3) is 0 Å². The first kappa shape index (κ1) is 13.5. The van der Waals surface area contributed by atoms with E-state index >= 15 is 0 Å². The van der Waals surface area contributed by atoms with Crippen molar-refractivity contribution in [2.45, 2.75) is 43.8 Å².